The molecule has 2 aromatic rings. The number of carbonyl (C=O) groups excluding carboxylic acids is 2. The number of benzene rings is 1. The second-order valence-corrected chi connectivity index (χ2v) is 7.66. The number of aromatic nitrogens is 2. The predicted molar refractivity (Wildman–Crippen MR) is 110 cm³/mol. The Bertz CT molecular complexity index is 862. The lowest BCUT2D eigenvalue weighted by atomic mass is 10.2. The van der Waals surface area contributed by atoms with E-state index in [0.717, 1.165) is 12.8 Å². The van der Waals surface area contributed by atoms with Crippen molar-refractivity contribution in [2.24, 2.45) is 5.92 Å². The number of nitrogens with one attached hydrogen (secondary N) is 2. The molecule has 0 bridgehead atoms. The number of ether oxygens (including phenoxy) is 1. The summed E-state index contributed by atoms with van der Waals surface area (Å²) in [5.74, 6) is -0.239. The van der Waals surface area contributed by atoms with Crippen molar-refractivity contribution >= 4 is 29.3 Å². The largest absolute Gasteiger partial charge is 0.462 e. The summed E-state index contributed by atoms with van der Waals surface area (Å²) in [6.07, 6.45) is 1.61. The summed E-state index contributed by atoms with van der Waals surface area (Å²) in [7, 11) is 0. The number of hydrogen-bond acceptors (Lipinski definition) is 6. The number of esters is 1. The van der Waals surface area contributed by atoms with Gasteiger partial charge < -0.3 is 15.0 Å². The first-order valence-electron chi connectivity index (χ1n) is 9.17. The molecule has 28 heavy (non-hydrogen) atoms. The third kappa shape index (κ3) is 7.19. The van der Waals surface area contributed by atoms with Gasteiger partial charge in [-0.1, -0.05) is 39.0 Å². The maximum absolute atomic E-state index is 12.1. The van der Waals surface area contributed by atoms with Crippen LogP contribution in [0.1, 0.15) is 43.2 Å². The van der Waals surface area contributed by atoms with Gasteiger partial charge in [0, 0.05) is 17.4 Å². The van der Waals surface area contributed by atoms with Gasteiger partial charge in [-0.25, -0.2) is 9.78 Å². The van der Waals surface area contributed by atoms with Crippen molar-refractivity contribution in [2.75, 3.05) is 17.7 Å². The molecule has 0 saturated heterocycles. The summed E-state index contributed by atoms with van der Waals surface area (Å²) >= 11 is 1.17. The number of nitrogens with zero attached hydrogens (tertiary/aromatic N) is 1. The van der Waals surface area contributed by atoms with Gasteiger partial charge >= 0.3 is 5.97 Å². The first-order valence-corrected chi connectivity index (χ1v) is 10.2. The summed E-state index contributed by atoms with van der Waals surface area (Å²) < 4.78 is 5.17. The third-order valence-electron chi connectivity index (χ3n) is 3.57. The Labute approximate surface area is 168 Å². The van der Waals surface area contributed by atoms with Crippen LogP contribution < -0.4 is 10.9 Å². The van der Waals surface area contributed by atoms with Crippen LogP contribution in [0.4, 0.5) is 5.69 Å². The number of carbonyl (C=O) groups is 2. The molecule has 2 N–H and O–H groups in total. The molecule has 2 rings (SSSR count). The van der Waals surface area contributed by atoms with Gasteiger partial charge in [0.2, 0.25) is 5.91 Å². The van der Waals surface area contributed by atoms with Crippen LogP contribution in [-0.2, 0) is 16.0 Å². The summed E-state index contributed by atoms with van der Waals surface area (Å²) in [4.78, 5) is 42.6. The number of H-pyrrole nitrogens is 1. The minimum atomic E-state index is -0.385. The van der Waals surface area contributed by atoms with Gasteiger partial charge in [-0.15, -0.1) is 0 Å². The molecular weight excluding hydrogens is 378 g/mol. The monoisotopic (exact) mass is 403 g/mol. The zero-order valence-electron chi connectivity index (χ0n) is 16.3. The molecule has 0 aliphatic carbocycles. The average molecular weight is 404 g/mol. The van der Waals surface area contributed by atoms with Crippen molar-refractivity contribution in [3.05, 3.63) is 51.9 Å². The highest BCUT2D eigenvalue weighted by Gasteiger charge is 2.10. The third-order valence-corrected chi connectivity index (χ3v) is 4.44. The highest BCUT2D eigenvalue weighted by atomic mass is 32.2. The summed E-state index contributed by atoms with van der Waals surface area (Å²) in [6, 6.07) is 7.99. The van der Waals surface area contributed by atoms with Crippen LogP contribution in [0.15, 0.2) is 40.3 Å². The van der Waals surface area contributed by atoms with E-state index in [0.29, 0.717) is 28.7 Å². The van der Waals surface area contributed by atoms with Crippen molar-refractivity contribution < 1.29 is 14.3 Å². The molecule has 0 spiro atoms. The Morgan fingerprint density at radius 1 is 1.25 bits per heavy atom. The van der Waals surface area contributed by atoms with Crippen molar-refractivity contribution in [1.82, 2.24) is 9.97 Å². The molecule has 1 amide bonds. The first kappa shape index (κ1) is 21.7. The Morgan fingerprint density at radius 3 is 2.61 bits per heavy atom. The summed E-state index contributed by atoms with van der Waals surface area (Å²) in [5, 5.41) is 3.18. The molecule has 8 heteroatoms. The molecule has 1 aromatic heterocycles. The number of thioether (sulfide) groups is 1. The highest BCUT2D eigenvalue weighted by Crippen LogP contribution is 2.15. The molecule has 0 saturated carbocycles. The molecule has 0 unspecified atom stereocenters. The standard InChI is InChI=1S/C20H25N3O4S/c1-4-5-16-10-17(24)23-20(22-16)28-12-18(25)21-15-8-6-14(7-9-15)19(26)27-11-13(2)3/h6-10,13H,4-5,11-12H2,1-3H3,(H,21,25)(H,22,23,24). The number of amides is 1. The van der Waals surface area contributed by atoms with E-state index < -0.39 is 0 Å². The first-order chi connectivity index (χ1) is 13.4. The molecular formula is C20H25N3O4S. The zero-order chi connectivity index (χ0) is 20.5. The molecule has 1 heterocycles. The van der Waals surface area contributed by atoms with E-state index in [1.807, 2.05) is 20.8 Å². The van der Waals surface area contributed by atoms with Gasteiger partial charge in [-0.3, -0.25) is 9.59 Å². The van der Waals surface area contributed by atoms with Crippen LogP contribution in [0.2, 0.25) is 0 Å². The Balaban J connectivity index is 1.88. The van der Waals surface area contributed by atoms with Gasteiger partial charge in [-0.2, -0.15) is 0 Å². The summed E-state index contributed by atoms with van der Waals surface area (Å²) in [5.41, 5.74) is 1.50. The van der Waals surface area contributed by atoms with Crippen molar-refractivity contribution in [3.63, 3.8) is 0 Å². The number of aryl methyl sites for hydroxylation is 1. The van der Waals surface area contributed by atoms with E-state index >= 15 is 0 Å². The van der Waals surface area contributed by atoms with Crippen molar-refractivity contribution in [1.29, 1.82) is 0 Å². The fourth-order valence-corrected chi connectivity index (χ4v) is 2.98. The topological polar surface area (TPSA) is 101 Å². The quantitative estimate of drug-likeness (QED) is 0.379. The minimum absolute atomic E-state index is 0.108. The number of aromatic amines is 1. The molecule has 150 valence electrons. The van der Waals surface area contributed by atoms with Crippen LogP contribution in [0.5, 0.6) is 0 Å². The Hall–Kier alpha value is -2.61. The molecule has 0 atom stereocenters. The van der Waals surface area contributed by atoms with E-state index in [1.54, 1.807) is 24.3 Å². The fourth-order valence-electron chi connectivity index (χ4n) is 2.28. The normalized spacial score (nSPS) is 10.7. The van der Waals surface area contributed by atoms with Gasteiger partial charge in [0.25, 0.3) is 5.56 Å². The van der Waals surface area contributed by atoms with Gasteiger partial charge in [0.15, 0.2) is 5.16 Å². The lowest BCUT2D eigenvalue weighted by molar-refractivity contribution is -0.113. The predicted octanol–water partition coefficient (Wildman–Crippen LogP) is 3.27. The second kappa shape index (κ2) is 10.7. The van der Waals surface area contributed by atoms with E-state index in [1.165, 1.54) is 17.8 Å². The molecule has 0 radical (unpaired) electrons. The van der Waals surface area contributed by atoms with Gasteiger partial charge in [0.1, 0.15) is 0 Å². The van der Waals surface area contributed by atoms with Gasteiger partial charge in [-0.05, 0) is 36.6 Å². The summed E-state index contributed by atoms with van der Waals surface area (Å²) in [6.45, 7) is 6.31. The van der Waals surface area contributed by atoms with E-state index in [9.17, 15) is 14.4 Å². The molecule has 0 aliphatic rings. The Kier molecular flexibility index (Phi) is 8.25. The number of anilines is 1. The molecule has 1 aromatic carbocycles. The highest BCUT2D eigenvalue weighted by molar-refractivity contribution is 7.99. The SMILES string of the molecule is CCCc1cc(=O)[nH]c(SCC(=O)Nc2ccc(C(=O)OCC(C)C)cc2)n1. The fraction of sp³-hybridized carbons (Fsp3) is 0.400. The lowest BCUT2D eigenvalue weighted by Crippen LogP contribution is -2.16. The van der Waals surface area contributed by atoms with Crippen LogP contribution in [0.25, 0.3) is 0 Å². The average Bonchev–Trinajstić information content (AvgIpc) is 2.65. The van der Waals surface area contributed by atoms with Crippen LogP contribution in [-0.4, -0.2) is 34.2 Å². The second-order valence-electron chi connectivity index (χ2n) is 6.70. The van der Waals surface area contributed by atoms with Crippen LogP contribution >= 0.6 is 11.8 Å². The molecule has 7 nitrogen and oxygen atoms in total. The number of hydrogen-bond donors (Lipinski definition) is 2. The van der Waals surface area contributed by atoms with Gasteiger partial charge in [0.05, 0.1) is 17.9 Å². The zero-order valence-corrected chi connectivity index (χ0v) is 17.1. The molecule has 0 aliphatic heterocycles. The molecule has 0 fully saturated rings. The smallest absolute Gasteiger partial charge is 0.338 e. The van der Waals surface area contributed by atoms with Crippen LogP contribution in [0, 0.1) is 5.92 Å². The lowest BCUT2D eigenvalue weighted by Gasteiger charge is -2.08. The van der Waals surface area contributed by atoms with Crippen LogP contribution in [0.3, 0.4) is 0 Å². The van der Waals surface area contributed by atoms with Crippen molar-refractivity contribution in [3.8, 4) is 0 Å². The number of rotatable bonds is 9. The maximum atomic E-state index is 12.1. The van der Waals surface area contributed by atoms with E-state index in [4.69, 9.17) is 4.74 Å². The Morgan fingerprint density at radius 2 is 1.96 bits per heavy atom. The minimum Gasteiger partial charge on any atom is -0.462 e. The van der Waals surface area contributed by atoms with Crippen molar-refractivity contribution in [2.45, 2.75) is 38.8 Å². The van der Waals surface area contributed by atoms with E-state index in [2.05, 4.69) is 15.3 Å². The maximum Gasteiger partial charge on any atom is 0.338 e. The van der Waals surface area contributed by atoms with E-state index in [-0.39, 0.29) is 29.1 Å².